The van der Waals surface area contributed by atoms with Crippen LogP contribution in [0, 0.1) is 5.92 Å². The lowest BCUT2D eigenvalue weighted by Crippen LogP contribution is -2.35. The molecule has 2 heterocycles. The van der Waals surface area contributed by atoms with E-state index in [0.717, 1.165) is 10.2 Å². The smallest absolute Gasteiger partial charge is 0.328 e. The Kier molecular flexibility index (Phi) is 4.21. The van der Waals surface area contributed by atoms with Gasteiger partial charge in [0.15, 0.2) is 0 Å². The predicted molar refractivity (Wildman–Crippen MR) is 76.7 cm³/mol. The largest absolute Gasteiger partial charge is 0.467 e. The second-order valence-corrected chi connectivity index (χ2v) is 5.60. The minimum atomic E-state index is -0.473. The molecule has 0 aliphatic heterocycles. The molecule has 1 atom stereocenters. The number of halogens is 1. The van der Waals surface area contributed by atoms with Crippen LogP contribution in [0.15, 0.2) is 11.4 Å². The standard InChI is InChI=1S/C12H14ClN3O2S/c1-6(2)8(11(17)18-3)14-9-7-4-5-19-10(7)16-12(13)15-9/h4-6,8H,1-3H3,(H,14,15,16). The summed E-state index contributed by atoms with van der Waals surface area (Å²) in [5.41, 5.74) is 0. The van der Waals surface area contributed by atoms with Crippen LogP contribution in [-0.2, 0) is 9.53 Å². The van der Waals surface area contributed by atoms with Gasteiger partial charge >= 0.3 is 5.97 Å². The number of hydrogen-bond donors (Lipinski definition) is 1. The Morgan fingerprint density at radius 1 is 1.47 bits per heavy atom. The van der Waals surface area contributed by atoms with Crippen molar-refractivity contribution in [3.05, 3.63) is 16.7 Å². The van der Waals surface area contributed by atoms with Gasteiger partial charge in [-0.15, -0.1) is 11.3 Å². The van der Waals surface area contributed by atoms with Crippen LogP contribution in [0.2, 0.25) is 5.28 Å². The lowest BCUT2D eigenvalue weighted by Gasteiger charge is -2.20. The number of nitrogens with zero attached hydrogens (tertiary/aromatic N) is 2. The number of nitrogens with one attached hydrogen (secondary N) is 1. The number of hydrogen-bond acceptors (Lipinski definition) is 6. The van der Waals surface area contributed by atoms with E-state index >= 15 is 0 Å². The van der Waals surface area contributed by atoms with Crippen LogP contribution in [0.5, 0.6) is 0 Å². The molecule has 0 spiro atoms. The first kappa shape index (κ1) is 14.0. The molecule has 0 radical (unpaired) electrons. The number of carbonyl (C=O) groups excluding carboxylic acids is 1. The third-order valence-electron chi connectivity index (χ3n) is 2.71. The van der Waals surface area contributed by atoms with E-state index in [-0.39, 0.29) is 17.2 Å². The number of anilines is 1. The van der Waals surface area contributed by atoms with Gasteiger partial charge in [-0.25, -0.2) is 14.8 Å². The zero-order valence-electron chi connectivity index (χ0n) is 10.8. The lowest BCUT2D eigenvalue weighted by molar-refractivity contribution is -0.142. The Morgan fingerprint density at radius 3 is 2.84 bits per heavy atom. The highest BCUT2D eigenvalue weighted by Crippen LogP contribution is 2.27. The van der Waals surface area contributed by atoms with E-state index in [1.807, 2.05) is 25.3 Å². The number of rotatable bonds is 4. The molecule has 5 nitrogen and oxygen atoms in total. The fourth-order valence-electron chi connectivity index (χ4n) is 1.71. The number of aromatic nitrogens is 2. The Labute approximate surface area is 120 Å². The Hall–Kier alpha value is -1.40. The van der Waals surface area contributed by atoms with Crippen LogP contribution in [0.25, 0.3) is 10.2 Å². The molecule has 0 aliphatic carbocycles. The zero-order chi connectivity index (χ0) is 14.0. The van der Waals surface area contributed by atoms with Gasteiger partial charge in [0.1, 0.15) is 16.7 Å². The number of thiophene rings is 1. The predicted octanol–water partition coefficient (Wildman–Crippen LogP) is 2.95. The first-order valence-electron chi connectivity index (χ1n) is 5.78. The van der Waals surface area contributed by atoms with Crippen molar-refractivity contribution in [3.8, 4) is 0 Å². The molecule has 2 aromatic heterocycles. The van der Waals surface area contributed by atoms with Gasteiger partial charge in [0.05, 0.1) is 12.5 Å². The molecule has 2 aromatic rings. The van der Waals surface area contributed by atoms with Crippen molar-refractivity contribution in [1.29, 1.82) is 0 Å². The number of carbonyl (C=O) groups is 1. The molecule has 0 saturated carbocycles. The second kappa shape index (κ2) is 5.71. The van der Waals surface area contributed by atoms with Gasteiger partial charge in [0, 0.05) is 0 Å². The van der Waals surface area contributed by atoms with Crippen LogP contribution in [0.4, 0.5) is 5.82 Å². The maximum Gasteiger partial charge on any atom is 0.328 e. The van der Waals surface area contributed by atoms with E-state index in [9.17, 15) is 4.79 Å². The highest BCUT2D eigenvalue weighted by atomic mass is 35.5. The zero-order valence-corrected chi connectivity index (χ0v) is 12.4. The molecule has 0 fully saturated rings. The molecule has 0 amide bonds. The molecule has 0 aromatic carbocycles. The van der Waals surface area contributed by atoms with E-state index in [0.29, 0.717) is 5.82 Å². The summed E-state index contributed by atoms with van der Waals surface area (Å²) in [4.78, 5) is 20.8. The van der Waals surface area contributed by atoms with E-state index in [2.05, 4.69) is 15.3 Å². The summed E-state index contributed by atoms with van der Waals surface area (Å²) in [5, 5.41) is 6.01. The monoisotopic (exact) mass is 299 g/mol. The topological polar surface area (TPSA) is 64.1 Å². The van der Waals surface area contributed by atoms with Crippen LogP contribution in [-0.4, -0.2) is 29.1 Å². The highest BCUT2D eigenvalue weighted by Gasteiger charge is 2.24. The summed E-state index contributed by atoms with van der Waals surface area (Å²) >= 11 is 7.36. The first-order chi connectivity index (χ1) is 9.02. The molecule has 0 aliphatic rings. The van der Waals surface area contributed by atoms with Crippen molar-refractivity contribution in [1.82, 2.24) is 9.97 Å². The molecule has 0 saturated heterocycles. The van der Waals surface area contributed by atoms with Crippen LogP contribution < -0.4 is 5.32 Å². The third-order valence-corrected chi connectivity index (χ3v) is 3.69. The molecule has 0 bridgehead atoms. The minimum Gasteiger partial charge on any atom is -0.467 e. The van der Waals surface area contributed by atoms with Crippen molar-refractivity contribution in [2.24, 2.45) is 5.92 Å². The van der Waals surface area contributed by atoms with Gasteiger partial charge in [0.25, 0.3) is 0 Å². The molecule has 7 heteroatoms. The van der Waals surface area contributed by atoms with Crippen molar-refractivity contribution in [2.45, 2.75) is 19.9 Å². The van der Waals surface area contributed by atoms with Gasteiger partial charge in [-0.1, -0.05) is 13.8 Å². The lowest BCUT2D eigenvalue weighted by atomic mass is 10.0. The molecular weight excluding hydrogens is 286 g/mol. The first-order valence-corrected chi connectivity index (χ1v) is 7.03. The number of esters is 1. The van der Waals surface area contributed by atoms with Crippen molar-refractivity contribution in [2.75, 3.05) is 12.4 Å². The fourth-order valence-corrected chi connectivity index (χ4v) is 2.69. The molecule has 102 valence electrons. The minimum absolute atomic E-state index is 0.0647. The SMILES string of the molecule is COC(=O)C(Nc1nc(Cl)nc2sccc12)C(C)C. The van der Waals surface area contributed by atoms with E-state index in [4.69, 9.17) is 16.3 Å². The maximum atomic E-state index is 11.8. The number of fused-ring (bicyclic) bond motifs is 1. The summed E-state index contributed by atoms with van der Waals surface area (Å²) in [5.74, 6) is 0.295. The third kappa shape index (κ3) is 2.96. The van der Waals surface area contributed by atoms with Gasteiger partial charge < -0.3 is 10.1 Å². The van der Waals surface area contributed by atoms with Crippen molar-refractivity contribution < 1.29 is 9.53 Å². The molecule has 1 unspecified atom stereocenters. The molecule has 1 N–H and O–H groups in total. The Bertz CT molecular complexity index is 600. The highest BCUT2D eigenvalue weighted by molar-refractivity contribution is 7.16. The average Bonchev–Trinajstić information content (AvgIpc) is 2.82. The summed E-state index contributed by atoms with van der Waals surface area (Å²) in [6, 6.07) is 1.42. The van der Waals surface area contributed by atoms with Crippen molar-refractivity contribution >= 4 is 44.9 Å². The van der Waals surface area contributed by atoms with E-state index < -0.39 is 6.04 Å². The molecule has 2 rings (SSSR count). The molecule has 19 heavy (non-hydrogen) atoms. The number of ether oxygens (including phenoxy) is 1. The number of methoxy groups -OCH3 is 1. The normalized spacial score (nSPS) is 12.7. The van der Waals surface area contributed by atoms with Gasteiger partial charge in [-0.3, -0.25) is 0 Å². The van der Waals surface area contributed by atoms with Crippen molar-refractivity contribution in [3.63, 3.8) is 0 Å². The molecular formula is C12H14ClN3O2S. The summed E-state index contributed by atoms with van der Waals surface area (Å²) in [6.45, 7) is 3.87. The summed E-state index contributed by atoms with van der Waals surface area (Å²) < 4.78 is 4.79. The van der Waals surface area contributed by atoms with Crippen LogP contribution >= 0.6 is 22.9 Å². The van der Waals surface area contributed by atoms with E-state index in [1.165, 1.54) is 18.4 Å². The Morgan fingerprint density at radius 2 is 2.21 bits per heavy atom. The Balaban J connectivity index is 2.38. The van der Waals surface area contributed by atoms with Crippen LogP contribution in [0.3, 0.4) is 0 Å². The summed E-state index contributed by atoms with van der Waals surface area (Å²) in [6.07, 6.45) is 0. The fraction of sp³-hybridized carbons (Fsp3) is 0.417. The second-order valence-electron chi connectivity index (χ2n) is 4.37. The summed E-state index contributed by atoms with van der Waals surface area (Å²) in [7, 11) is 1.37. The van der Waals surface area contributed by atoms with Gasteiger partial charge in [-0.2, -0.15) is 0 Å². The maximum absolute atomic E-state index is 11.8. The average molecular weight is 300 g/mol. The quantitative estimate of drug-likeness (QED) is 0.694. The van der Waals surface area contributed by atoms with E-state index in [1.54, 1.807) is 0 Å². The van der Waals surface area contributed by atoms with Gasteiger partial charge in [-0.05, 0) is 29.0 Å². The van der Waals surface area contributed by atoms with Gasteiger partial charge in [0.2, 0.25) is 5.28 Å². The van der Waals surface area contributed by atoms with Crippen LogP contribution in [0.1, 0.15) is 13.8 Å².